The van der Waals surface area contributed by atoms with Gasteiger partial charge in [0.15, 0.2) is 9.34 Å². The molecule has 1 amide bonds. The van der Waals surface area contributed by atoms with E-state index in [1.54, 1.807) is 6.33 Å². The molecule has 13 heteroatoms. The molecule has 1 fully saturated rings. The molecule has 1 saturated heterocycles. The molecule has 1 aliphatic rings. The average Bonchev–Trinajstić information content (AvgIpc) is 3.34. The number of thiazole rings is 1. The molecule has 0 radical (unpaired) electrons. The zero-order chi connectivity index (χ0) is 23.0. The van der Waals surface area contributed by atoms with Crippen LogP contribution in [0.1, 0.15) is 24.1 Å². The summed E-state index contributed by atoms with van der Waals surface area (Å²) >= 11 is 0.948. The summed E-state index contributed by atoms with van der Waals surface area (Å²) in [6, 6.07) is 1.90. The van der Waals surface area contributed by atoms with Crippen LogP contribution in [-0.2, 0) is 14.8 Å². The number of piperazine rings is 1. The molecule has 0 aliphatic carbocycles. The van der Waals surface area contributed by atoms with Gasteiger partial charge in [0.25, 0.3) is 10.0 Å². The number of hydrogen-bond donors (Lipinski definition) is 1. The molecule has 0 saturated carbocycles. The summed E-state index contributed by atoms with van der Waals surface area (Å²) in [5.74, 6) is 1.82. The summed E-state index contributed by atoms with van der Waals surface area (Å²) < 4.78 is 29.5. The molecule has 32 heavy (non-hydrogen) atoms. The van der Waals surface area contributed by atoms with Crippen LogP contribution in [0.4, 0.5) is 10.9 Å². The minimum absolute atomic E-state index is 0.112. The lowest BCUT2D eigenvalue weighted by atomic mass is 10.3. The van der Waals surface area contributed by atoms with Crippen molar-refractivity contribution in [3.63, 3.8) is 0 Å². The standard InChI is InChI=1S/C19H24N8O3S2/c1-12-13(2)27(11-21-12)17-9-16(22-14(3)23-17)25-5-7-26(8-6-25)32(29,30)18-10-20-19(31-18)24-15(4)28/h9-11H,5-8H2,1-4H3,(H,20,24,28). The van der Waals surface area contributed by atoms with E-state index in [-0.39, 0.29) is 15.2 Å². The molecule has 3 aromatic heterocycles. The predicted molar refractivity (Wildman–Crippen MR) is 121 cm³/mol. The fourth-order valence-corrected chi connectivity index (χ4v) is 6.08. The molecule has 3 aromatic rings. The fourth-order valence-electron chi connectivity index (χ4n) is 3.42. The molecule has 1 aliphatic heterocycles. The smallest absolute Gasteiger partial charge is 0.254 e. The quantitative estimate of drug-likeness (QED) is 0.587. The number of carbonyl (C=O) groups excluding carboxylic acids is 1. The van der Waals surface area contributed by atoms with Gasteiger partial charge >= 0.3 is 0 Å². The number of hydrogen-bond acceptors (Lipinski definition) is 9. The molecule has 4 heterocycles. The van der Waals surface area contributed by atoms with E-state index in [2.05, 4.69) is 30.2 Å². The zero-order valence-electron chi connectivity index (χ0n) is 18.2. The number of nitrogens with one attached hydrogen (secondary N) is 1. The van der Waals surface area contributed by atoms with Crippen molar-refractivity contribution in [2.75, 3.05) is 36.4 Å². The maximum atomic E-state index is 13.0. The van der Waals surface area contributed by atoms with Gasteiger partial charge < -0.3 is 10.2 Å². The van der Waals surface area contributed by atoms with Crippen LogP contribution in [0.5, 0.6) is 0 Å². The highest BCUT2D eigenvalue weighted by Crippen LogP contribution is 2.27. The number of anilines is 2. The Bertz CT molecular complexity index is 1260. The van der Waals surface area contributed by atoms with Crippen molar-refractivity contribution in [3.8, 4) is 5.82 Å². The van der Waals surface area contributed by atoms with Crippen LogP contribution in [-0.4, -0.2) is 69.3 Å². The van der Waals surface area contributed by atoms with Gasteiger partial charge in [-0.05, 0) is 20.8 Å². The molecule has 1 N–H and O–H groups in total. The SMILES string of the molecule is CC(=O)Nc1ncc(S(=O)(=O)N2CCN(c3cc(-n4cnc(C)c4C)nc(C)n3)CC2)s1. The lowest BCUT2D eigenvalue weighted by Gasteiger charge is -2.34. The second kappa shape index (κ2) is 8.56. The van der Waals surface area contributed by atoms with Gasteiger partial charge in [0.05, 0.1) is 11.9 Å². The third kappa shape index (κ3) is 4.36. The Kier molecular flexibility index (Phi) is 5.97. The lowest BCUT2D eigenvalue weighted by molar-refractivity contribution is -0.114. The molecule has 0 unspecified atom stereocenters. The summed E-state index contributed by atoms with van der Waals surface area (Å²) in [5.41, 5.74) is 1.94. The highest BCUT2D eigenvalue weighted by atomic mass is 32.2. The maximum absolute atomic E-state index is 13.0. The molecule has 0 aromatic carbocycles. The van der Waals surface area contributed by atoms with Crippen molar-refractivity contribution < 1.29 is 13.2 Å². The van der Waals surface area contributed by atoms with Gasteiger partial charge in [0.2, 0.25) is 5.91 Å². The molecule has 4 rings (SSSR count). The molecule has 0 spiro atoms. The summed E-state index contributed by atoms with van der Waals surface area (Å²) in [7, 11) is -3.68. The van der Waals surface area contributed by atoms with E-state index in [1.165, 1.54) is 17.4 Å². The zero-order valence-corrected chi connectivity index (χ0v) is 19.9. The first-order valence-corrected chi connectivity index (χ1v) is 12.3. The highest BCUT2D eigenvalue weighted by molar-refractivity contribution is 7.91. The van der Waals surface area contributed by atoms with Crippen LogP contribution < -0.4 is 10.2 Å². The van der Waals surface area contributed by atoms with E-state index in [0.717, 1.165) is 34.4 Å². The van der Waals surface area contributed by atoms with Crippen molar-refractivity contribution in [1.82, 2.24) is 28.8 Å². The monoisotopic (exact) mass is 476 g/mol. The molecule has 0 bridgehead atoms. The van der Waals surface area contributed by atoms with Gasteiger partial charge in [0, 0.05) is 44.9 Å². The first-order valence-electron chi connectivity index (χ1n) is 10.0. The third-order valence-electron chi connectivity index (χ3n) is 5.23. The molecule has 170 valence electrons. The van der Waals surface area contributed by atoms with Crippen molar-refractivity contribution in [3.05, 3.63) is 35.8 Å². The van der Waals surface area contributed by atoms with Gasteiger partial charge in [-0.2, -0.15) is 4.31 Å². The first-order chi connectivity index (χ1) is 15.1. The van der Waals surface area contributed by atoms with Crippen LogP contribution in [0.3, 0.4) is 0 Å². The van der Waals surface area contributed by atoms with Gasteiger partial charge in [-0.3, -0.25) is 9.36 Å². The van der Waals surface area contributed by atoms with E-state index in [9.17, 15) is 13.2 Å². The number of imidazole rings is 1. The van der Waals surface area contributed by atoms with Crippen LogP contribution >= 0.6 is 11.3 Å². The maximum Gasteiger partial charge on any atom is 0.254 e. The highest BCUT2D eigenvalue weighted by Gasteiger charge is 2.31. The molecule has 11 nitrogen and oxygen atoms in total. The topological polar surface area (TPSA) is 126 Å². The van der Waals surface area contributed by atoms with E-state index < -0.39 is 10.0 Å². The number of sulfonamides is 1. The number of aryl methyl sites for hydroxylation is 2. The van der Waals surface area contributed by atoms with Crippen LogP contribution in [0, 0.1) is 20.8 Å². The Morgan fingerprint density at radius 1 is 1.06 bits per heavy atom. The van der Waals surface area contributed by atoms with Crippen molar-refractivity contribution in [1.29, 1.82) is 0 Å². The lowest BCUT2D eigenvalue weighted by Crippen LogP contribution is -2.48. The van der Waals surface area contributed by atoms with E-state index in [0.29, 0.717) is 32.0 Å². The summed E-state index contributed by atoms with van der Waals surface area (Å²) in [5, 5.41) is 2.78. The first kappa shape index (κ1) is 22.3. The van der Waals surface area contributed by atoms with Crippen molar-refractivity contribution in [2.45, 2.75) is 31.9 Å². The summed E-state index contributed by atoms with van der Waals surface area (Å²) in [6.07, 6.45) is 3.03. The third-order valence-corrected chi connectivity index (χ3v) is 8.48. The van der Waals surface area contributed by atoms with Crippen molar-refractivity contribution in [2.24, 2.45) is 0 Å². The Labute approximate surface area is 190 Å². The number of nitrogens with zero attached hydrogens (tertiary/aromatic N) is 7. The number of rotatable bonds is 5. The van der Waals surface area contributed by atoms with Gasteiger partial charge in [0.1, 0.15) is 23.8 Å². The second-order valence-corrected chi connectivity index (χ2v) is 10.7. The van der Waals surface area contributed by atoms with Crippen LogP contribution in [0.2, 0.25) is 0 Å². The van der Waals surface area contributed by atoms with Crippen molar-refractivity contribution >= 4 is 38.2 Å². The molecule has 0 atom stereocenters. The minimum atomic E-state index is -3.68. The summed E-state index contributed by atoms with van der Waals surface area (Å²) in [6.45, 7) is 8.74. The summed E-state index contributed by atoms with van der Waals surface area (Å²) in [4.78, 5) is 30.6. The predicted octanol–water partition coefficient (Wildman–Crippen LogP) is 1.51. The van der Waals surface area contributed by atoms with Gasteiger partial charge in [-0.1, -0.05) is 11.3 Å². The van der Waals surface area contributed by atoms with E-state index in [1.807, 2.05) is 31.4 Å². The normalized spacial score (nSPS) is 15.2. The number of amides is 1. The number of aromatic nitrogens is 5. The Hall–Kier alpha value is -2.90. The van der Waals surface area contributed by atoms with Crippen LogP contribution in [0.25, 0.3) is 5.82 Å². The van der Waals surface area contributed by atoms with Gasteiger partial charge in [-0.15, -0.1) is 0 Å². The van der Waals surface area contributed by atoms with Crippen LogP contribution in [0.15, 0.2) is 22.8 Å². The van der Waals surface area contributed by atoms with E-state index in [4.69, 9.17) is 0 Å². The number of carbonyl (C=O) groups is 1. The largest absolute Gasteiger partial charge is 0.354 e. The Morgan fingerprint density at radius 3 is 2.38 bits per heavy atom. The average molecular weight is 477 g/mol. The fraction of sp³-hybridized carbons (Fsp3) is 0.421. The Morgan fingerprint density at radius 2 is 1.75 bits per heavy atom. The molecular weight excluding hydrogens is 452 g/mol. The molecular formula is C19H24N8O3S2. The van der Waals surface area contributed by atoms with Gasteiger partial charge in [-0.25, -0.2) is 28.4 Å². The van der Waals surface area contributed by atoms with E-state index >= 15 is 0 Å². The minimum Gasteiger partial charge on any atom is -0.354 e. The second-order valence-electron chi connectivity index (χ2n) is 7.47. The Balaban J connectivity index is 1.49.